The van der Waals surface area contributed by atoms with Gasteiger partial charge < -0.3 is 11.1 Å². The van der Waals surface area contributed by atoms with Gasteiger partial charge in [-0.1, -0.05) is 12.1 Å². The van der Waals surface area contributed by atoms with Crippen molar-refractivity contribution in [1.82, 2.24) is 4.98 Å². The van der Waals surface area contributed by atoms with E-state index in [1.807, 2.05) is 43.3 Å². The SMILES string of the molecule is Cc1ccnc(Nc2cccc(CN)c2)c1. The summed E-state index contributed by atoms with van der Waals surface area (Å²) in [6, 6.07) is 12.0. The fourth-order valence-electron chi connectivity index (χ4n) is 1.53. The number of hydrogen-bond acceptors (Lipinski definition) is 3. The summed E-state index contributed by atoms with van der Waals surface area (Å²) < 4.78 is 0. The number of rotatable bonds is 3. The molecule has 0 atom stereocenters. The van der Waals surface area contributed by atoms with Crippen molar-refractivity contribution in [1.29, 1.82) is 0 Å². The fourth-order valence-corrected chi connectivity index (χ4v) is 1.53. The Morgan fingerprint density at radius 2 is 2.12 bits per heavy atom. The second kappa shape index (κ2) is 4.77. The van der Waals surface area contributed by atoms with Crippen LogP contribution in [0.15, 0.2) is 42.6 Å². The summed E-state index contributed by atoms with van der Waals surface area (Å²) in [4.78, 5) is 4.25. The summed E-state index contributed by atoms with van der Waals surface area (Å²) in [6.07, 6.45) is 1.80. The number of nitrogens with two attached hydrogens (primary N) is 1. The third-order valence-electron chi connectivity index (χ3n) is 2.35. The minimum atomic E-state index is 0.552. The van der Waals surface area contributed by atoms with Crippen molar-refractivity contribution in [3.63, 3.8) is 0 Å². The zero-order chi connectivity index (χ0) is 11.4. The lowest BCUT2D eigenvalue weighted by Crippen LogP contribution is -1.98. The minimum Gasteiger partial charge on any atom is -0.340 e. The van der Waals surface area contributed by atoms with Crippen LogP contribution in [0.1, 0.15) is 11.1 Å². The van der Waals surface area contributed by atoms with E-state index in [2.05, 4.69) is 10.3 Å². The van der Waals surface area contributed by atoms with Crippen molar-refractivity contribution in [2.45, 2.75) is 13.5 Å². The van der Waals surface area contributed by atoms with E-state index >= 15 is 0 Å². The number of aromatic nitrogens is 1. The molecule has 1 aromatic heterocycles. The van der Waals surface area contributed by atoms with Crippen LogP contribution in [0.3, 0.4) is 0 Å². The molecule has 0 unspecified atom stereocenters. The van der Waals surface area contributed by atoms with Crippen LogP contribution in [-0.2, 0) is 6.54 Å². The lowest BCUT2D eigenvalue weighted by Gasteiger charge is -2.07. The monoisotopic (exact) mass is 213 g/mol. The van der Waals surface area contributed by atoms with E-state index in [1.54, 1.807) is 6.20 Å². The molecule has 0 aliphatic rings. The first-order valence-corrected chi connectivity index (χ1v) is 5.26. The molecule has 1 aromatic carbocycles. The Morgan fingerprint density at radius 3 is 2.88 bits per heavy atom. The molecule has 0 fully saturated rings. The van der Waals surface area contributed by atoms with Crippen LogP contribution in [0.5, 0.6) is 0 Å². The summed E-state index contributed by atoms with van der Waals surface area (Å²) in [5.74, 6) is 0.856. The standard InChI is InChI=1S/C13H15N3/c1-10-5-6-15-13(7-10)16-12-4-2-3-11(8-12)9-14/h2-8H,9,14H2,1H3,(H,15,16). The number of nitrogens with one attached hydrogen (secondary N) is 1. The van der Waals surface area contributed by atoms with E-state index in [9.17, 15) is 0 Å². The fraction of sp³-hybridized carbons (Fsp3) is 0.154. The molecule has 2 rings (SSSR count). The third kappa shape index (κ3) is 2.58. The number of anilines is 2. The van der Waals surface area contributed by atoms with E-state index in [-0.39, 0.29) is 0 Å². The Kier molecular flexibility index (Phi) is 3.17. The first-order valence-electron chi connectivity index (χ1n) is 5.26. The maximum absolute atomic E-state index is 5.59. The van der Waals surface area contributed by atoms with E-state index in [4.69, 9.17) is 5.73 Å². The molecular formula is C13H15N3. The normalized spacial score (nSPS) is 10.1. The van der Waals surface area contributed by atoms with Crippen molar-refractivity contribution in [3.05, 3.63) is 53.7 Å². The van der Waals surface area contributed by atoms with Gasteiger partial charge in [0.15, 0.2) is 0 Å². The maximum Gasteiger partial charge on any atom is 0.130 e. The van der Waals surface area contributed by atoms with E-state index in [0.717, 1.165) is 17.1 Å². The van der Waals surface area contributed by atoms with Crippen LogP contribution in [0, 0.1) is 6.92 Å². The molecule has 3 N–H and O–H groups in total. The van der Waals surface area contributed by atoms with Crippen molar-refractivity contribution in [3.8, 4) is 0 Å². The molecule has 0 amide bonds. The number of pyridine rings is 1. The van der Waals surface area contributed by atoms with E-state index in [0.29, 0.717) is 6.54 Å². The second-order valence-corrected chi connectivity index (χ2v) is 3.75. The van der Waals surface area contributed by atoms with Gasteiger partial charge in [-0.25, -0.2) is 4.98 Å². The molecule has 0 spiro atoms. The Balaban J connectivity index is 2.20. The Bertz CT molecular complexity index is 480. The maximum atomic E-state index is 5.59. The molecule has 1 heterocycles. The molecule has 3 heteroatoms. The minimum absolute atomic E-state index is 0.552. The Labute approximate surface area is 95.3 Å². The Morgan fingerprint density at radius 1 is 1.25 bits per heavy atom. The highest BCUT2D eigenvalue weighted by atomic mass is 15.0. The van der Waals surface area contributed by atoms with Gasteiger partial charge in [0.1, 0.15) is 5.82 Å². The van der Waals surface area contributed by atoms with Crippen molar-refractivity contribution in [2.75, 3.05) is 5.32 Å². The summed E-state index contributed by atoms with van der Waals surface area (Å²) in [5, 5.41) is 3.25. The van der Waals surface area contributed by atoms with Gasteiger partial charge in [0, 0.05) is 18.4 Å². The average molecular weight is 213 g/mol. The highest BCUT2D eigenvalue weighted by molar-refractivity contribution is 5.57. The van der Waals surface area contributed by atoms with Crippen LogP contribution in [-0.4, -0.2) is 4.98 Å². The van der Waals surface area contributed by atoms with Gasteiger partial charge in [0.25, 0.3) is 0 Å². The van der Waals surface area contributed by atoms with E-state index < -0.39 is 0 Å². The quantitative estimate of drug-likeness (QED) is 0.824. The highest BCUT2D eigenvalue weighted by Gasteiger charge is 1.97. The van der Waals surface area contributed by atoms with Crippen LogP contribution in [0.2, 0.25) is 0 Å². The largest absolute Gasteiger partial charge is 0.340 e. The molecule has 0 bridgehead atoms. The highest BCUT2D eigenvalue weighted by Crippen LogP contribution is 2.16. The van der Waals surface area contributed by atoms with Gasteiger partial charge >= 0.3 is 0 Å². The first kappa shape index (κ1) is 10.6. The summed E-state index contributed by atoms with van der Waals surface area (Å²) in [5.41, 5.74) is 8.90. The zero-order valence-electron chi connectivity index (χ0n) is 9.27. The molecule has 0 radical (unpaired) electrons. The number of aryl methyl sites for hydroxylation is 1. The Hall–Kier alpha value is -1.87. The van der Waals surface area contributed by atoms with Crippen molar-refractivity contribution >= 4 is 11.5 Å². The van der Waals surface area contributed by atoms with Gasteiger partial charge in [-0.05, 0) is 42.3 Å². The van der Waals surface area contributed by atoms with Crippen LogP contribution in [0.4, 0.5) is 11.5 Å². The lowest BCUT2D eigenvalue weighted by atomic mass is 10.2. The molecule has 2 aromatic rings. The lowest BCUT2D eigenvalue weighted by molar-refractivity contribution is 1.07. The zero-order valence-corrected chi connectivity index (χ0v) is 9.27. The van der Waals surface area contributed by atoms with E-state index in [1.165, 1.54) is 5.56 Å². The smallest absolute Gasteiger partial charge is 0.130 e. The topological polar surface area (TPSA) is 50.9 Å². The number of benzene rings is 1. The summed E-state index contributed by atoms with van der Waals surface area (Å²) in [6.45, 7) is 2.60. The number of hydrogen-bond donors (Lipinski definition) is 2. The molecule has 0 aliphatic heterocycles. The van der Waals surface area contributed by atoms with Crippen molar-refractivity contribution in [2.24, 2.45) is 5.73 Å². The molecular weight excluding hydrogens is 198 g/mol. The predicted molar refractivity (Wildman–Crippen MR) is 66.6 cm³/mol. The molecule has 3 nitrogen and oxygen atoms in total. The predicted octanol–water partition coefficient (Wildman–Crippen LogP) is 2.59. The molecule has 16 heavy (non-hydrogen) atoms. The van der Waals surface area contributed by atoms with Gasteiger partial charge in [-0.2, -0.15) is 0 Å². The van der Waals surface area contributed by atoms with Crippen LogP contribution >= 0.6 is 0 Å². The van der Waals surface area contributed by atoms with Crippen molar-refractivity contribution < 1.29 is 0 Å². The first-order chi connectivity index (χ1) is 7.78. The van der Waals surface area contributed by atoms with Crippen LogP contribution < -0.4 is 11.1 Å². The molecule has 0 saturated carbocycles. The summed E-state index contributed by atoms with van der Waals surface area (Å²) in [7, 11) is 0. The van der Waals surface area contributed by atoms with Gasteiger partial charge in [-0.15, -0.1) is 0 Å². The molecule has 0 saturated heterocycles. The average Bonchev–Trinajstić information content (AvgIpc) is 2.29. The van der Waals surface area contributed by atoms with Gasteiger partial charge in [0.05, 0.1) is 0 Å². The molecule has 0 aliphatic carbocycles. The number of nitrogens with zero attached hydrogens (tertiary/aromatic N) is 1. The van der Waals surface area contributed by atoms with Gasteiger partial charge in [0.2, 0.25) is 0 Å². The van der Waals surface area contributed by atoms with Crippen LogP contribution in [0.25, 0.3) is 0 Å². The second-order valence-electron chi connectivity index (χ2n) is 3.75. The molecule has 82 valence electrons. The third-order valence-corrected chi connectivity index (χ3v) is 2.35. The van der Waals surface area contributed by atoms with Gasteiger partial charge in [-0.3, -0.25) is 0 Å². The summed E-state index contributed by atoms with van der Waals surface area (Å²) >= 11 is 0.